The van der Waals surface area contributed by atoms with E-state index in [1.165, 1.54) is 6.42 Å². The smallest absolute Gasteiger partial charge is 0.212 e. The van der Waals surface area contributed by atoms with Crippen LogP contribution in [0.3, 0.4) is 0 Å². The highest BCUT2D eigenvalue weighted by Crippen LogP contribution is 2.27. The van der Waals surface area contributed by atoms with Crippen LogP contribution in [0.1, 0.15) is 44.6 Å². The van der Waals surface area contributed by atoms with Crippen molar-refractivity contribution in [1.29, 1.82) is 0 Å². The molecule has 3 nitrogen and oxygen atoms in total. The van der Waals surface area contributed by atoms with E-state index in [1.54, 1.807) is 0 Å². The molecule has 0 heterocycles. The van der Waals surface area contributed by atoms with E-state index in [4.69, 9.17) is 0 Å². The van der Waals surface area contributed by atoms with Crippen LogP contribution in [-0.2, 0) is 15.8 Å². The minimum atomic E-state index is -3.21. The summed E-state index contributed by atoms with van der Waals surface area (Å²) in [4.78, 5) is 0. The Kier molecular flexibility index (Phi) is 4.99. The fraction of sp³-hybridized carbons (Fsp3) is 0.600. The second-order valence-electron chi connectivity index (χ2n) is 5.49. The molecule has 0 saturated heterocycles. The number of hydrogen-bond acceptors (Lipinski definition) is 2. The van der Waals surface area contributed by atoms with E-state index in [9.17, 15) is 8.42 Å². The Morgan fingerprint density at radius 2 is 1.74 bits per heavy atom. The summed E-state index contributed by atoms with van der Waals surface area (Å²) < 4.78 is 27.1. The molecule has 0 amide bonds. The molecular formula is C15H23NO2S. The van der Waals surface area contributed by atoms with Crippen molar-refractivity contribution in [3.63, 3.8) is 0 Å². The summed E-state index contributed by atoms with van der Waals surface area (Å²) in [6.45, 7) is 2.21. The van der Waals surface area contributed by atoms with Crippen LogP contribution in [-0.4, -0.2) is 14.5 Å². The van der Waals surface area contributed by atoms with E-state index in [0.717, 1.165) is 37.2 Å². The Hall–Kier alpha value is -0.870. The number of nitrogens with one attached hydrogen (secondary N) is 1. The van der Waals surface area contributed by atoms with Gasteiger partial charge in [-0.1, -0.05) is 43.7 Å². The molecule has 2 rings (SSSR count). The van der Waals surface area contributed by atoms with Crippen LogP contribution in [0, 0.1) is 5.92 Å². The second kappa shape index (κ2) is 6.53. The highest BCUT2D eigenvalue weighted by molar-refractivity contribution is 7.88. The Labute approximate surface area is 116 Å². The van der Waals surface area contributed by atoms with Crippen molar-refractivity contribution in [2.45, 2.75) is 50.8 Å². The average molecular weight is 281 g/mol. The van der Waals surface area contributed by atoms with E-state index in [-0.39, 0.29) is 11.8 Å². The second-order valence-corrected chi connectivity index (χ2v) is 7.24. The SMILES string of the molecule is CCC1CCC(NS(=O)(=O)Cc2ccccc2)CC1. The minimum absolute atomic E-state index is 0.0849. The quantitative estimate of drug-likeness (QED) is 0.901. The zero-order valence-corrected chi connectivity index (χ0v) is 12.3. The lowest BCUT2D eigenvalue weighted by atomic mass is 9.85. The summed E-state index contributed by atoms with van der Waals surface area (Å²) in [6.07, 6.45) is 5.46. The maximum atomic E-state index is 12.1. The van der Waals surface area contributed by atoms with Gasteiger partial charge in [-0.3, -0.25) is 0 Å². The summed E-state index contributed by atoms with van der Waals surface area (Å²) in [7, 11) is -3.21. The molecule has 1 saturated carbocycles. The van der Waals surface area contributed by atoms with Gasteiger partial charge in [-0.05, 0) is 37.2 Å². The van der Waals surface area contributed by atoms with Crippen LogP contribution in [0.2, 0.25) is 0 Å². The van der Waals surface area contributed by atoms with Gasteiger partial charge < -0.3 is 0 Å². The zero-order valence-electron chi connectivity index (χ0n) is 11.5. The third kappa shape index (κ3) is 4.62. The highest BCUT2D eigenvalue weighted by atomic mass is 32.2. The highest BCUT2D eigenvalue weighted by Gasteiger charge is 2.23. The first-order valence-corrected chi connectivity index (χ1v) is 8.78. The van der Waals surface area contributed by atoms with Crippen LogP contribution in [0.15, 0.2) is 30.3 Å². The first-order valence-electron chi connectivity index (χ1n) is 7.13. The molecule has 1 aromatic rings. The van der Waals surface area contributed by atoms with Gasteiger partial charge in [0, 0.05) is 6.04 Å². The van der Waals surface area contributed by atoms with Crippen molar-refractivity contribution in [2.24, 2.45) is 5.92 Å². The summed E-state index contributed by atoms with van der Waals surface area (Å²) in [6, 6.07) is 9.49. The van der Waals surface area contributed by atoms with Gasteiger partial charge in [-0.2, -0.15) is 0 Å². The van der Waals surface area contributed by atoms with Gasteiger partial charge in [0.2, 0.25) is 10.0 Å². The number of sulfonamides is 1. The zero-order chi connectivity index (χ0) is 13.7. The summed E-state index contributed by atoms with van der Waals surface area (Å²) in [5.74, 6) is 0.872. The van der Waals surface area contributed by atoms with Gasteiger partial charge in [0.25, 0.3) is 0 Å². The predicted molar refractivity (Wildman–Crippen MR) is 78.2 cm³/mol. The third-order valence-corrected chi connectivity index (χ3v) is 5.38. The molecule has 4 heteroatoms. The molecule has 0 bridgehead atoms. The Morgan fingerprint density at radius 3 is 2.32 bits per heavy atom. The fourth-order valence-corrected chi connectivity index (χ4v) is 4.24. The van der Waals surface area contributed by atoms with Crippen molar-refractivity contribution < 1.29 is 8.42 Å². The normalized spacial score (nSPS) is 24.3. The molecule has 0 radical (unpaired) electrons. The van der Waals surface area contributed by atoms with Gasteiger partial charge in [0.15, 0.2) is 0 Å². The molecule has 0 aliphatic heterocycles. The van der Waals surface area contributed by atoms with Crippen molar-refractivity contribution in [2.75, 3.05) is 0 Å². The Bertz CT molecular complexity index is 476. The topological polar surface area (TPSA) is 46.2 Å². The lowest BCUT2D eigenvalue weighted by Crippen LogP contribution is -2.38. The first kappa shape index (κ1) is 14.5. The molecule has 0 unspecified atom stereocenters. The summed E-state index contributed by atoms with van der Waals surface area (Å²) >= 11 is 0. The van der Waals surface area contributed by atoms with Crippen molar-refractivity contribution in [3.8, 4) is 0 Å². The molecule has 1 aliphatic rings. The Balaban J connectivity index is 1.88. The summed E-state index contributed by atoms with van der Waals surface area (Å²) in [5, 5.41) is 0. The van der Waals surface area contributed by atoms with Crippen LogP contribution in [0.25, 0.3) is 0 Å². The lowest BCUT2D eigenvalue weighted by Gasteiger charge is -2.28. The number of hydrogen-bond donors (Lipinski definition) is 1. The van der Waals surface area contributed by atoms with Crippen molar-refractivity contribution in [3.05, 3.63) is 35.9 Å². The molecule has 0 aromatic heterocycles. The molecule has 106 valence electrons. The van der Waals surface area contributed by atoms with Crippen molar-refractivity contribution in [1.82, 2.24) is 4.72 Å². The Morgan fingerprint density at radius 1 is 1.11 bits per heavy atom. The monoisotopic (exact) mass is 281 g/mol. The molecule has 0 spiro atoms. The molecule has 1 N–H and O–H groups in total. The van der Waals surface area contributed by atoms with Crippen LogP contribution >= 0.6 is 0 Å². The fourth-order valence-electron chi connectivity index (χ4n) is 2.78. The van der Waals surface area contributed by atoms with Gasteiger partial charge in [-0.25, -0.2) is 13.1 Å². The van der Waals surface area contributed by atoms with Gasteiger partial charge in [0.05, 0.1) is 5.75 Å². The lowest BCUT2D eigenvalue weighted by molar-refractivity contribution is 0.306. The van der Waals surface area contributed by atoms with Gasteiger partial charge in [-0.15, -0.1) is 0 Å². The maximum Gasteiger partial charge on any atom is 0.216 e. The molecule has 1 fully saturated rings. The molecular weight excluding hydrogens is 258 g/mol. The first-order chi connectivity index (χ1) is 9.09. The maximum absolute atomic E-state index is 12.1. The number of benzene rings is 1. The molecule has 1 aliphatic carbocycles. The molecule has 19 heavy (non-hydrogen) atoms. The van der Waals surface area contributed by atoms with Crippen molar-refractivity contribution >= 4 is 10.0 Å². The average Bonchev–Trinajstić information content (AvgIpc) is 2.39. The van der Waals surface area contributed by atoms with E-state index < -0.39 is 10.0 Å². The number of rotatable bonds is 5. The van der Waals surface area contributed by atoms with E-state index in [1.807, 2.05) is 30.3 Å². The largest absolute Gasteiger partial charge is 0.216 e. The molecule has 0 atom stereocenters. The third-order valence-electron chi connectivity index (χ3n) is 3.97. The van der Waals surface area contributed by atoms with Crippen LogP contribution in [0.5, 0.6) is 0 Å². The molecule has 1 aromatic carbocycles. The van der Waals surface area contributed by atoms with E-state index in [2.05, 4.69) is 11.6 Å². The standard InChI is InChI=1S/C15H23NO2S/c1-2-13-8-10-15(11-9-13)16-19(17,18)12-14-6-4-3-5-7-14/h3-7,13,15-16H,2,8-12H2,1H3. The predicted octanol–water partition coefficient (Wildman–Crippen LogP) is 3.07. The minimum Gasteiger partial charge on any atom is -0.212 e. The van der Waals surface area contributed by atoms with Crippen LogP contribution < -0.4 is 4.72 Å². The summed E-state index contributed by atoms with van der Waals surface area (Å²) in [5.41, 5.74) is 0.845. The van der Waals surface area contributed by atoms with E-state index in [0.29, 0.717) is 0 Å². The van der Waals surface area contributed by atoms with Gasteiger partial charge in [0.1, 0.15) is 0 Å². The van der Waals surface area contributed by atoms with Gasteiger partial charge >= 0.3 is 0 Å². The van der Waals surface area contributed by atoms with Crippen LogP contribution in [0.4, 0.5) is 0 Å². The van der Waals surface area contributed by atoms with E-state index >= 15 is 0 Å².